The molecule has 0 aliphatic heterocycles. The highest BCUT2D eigenvalue weighted by Gasteiger charge is 2.26. The minimum atomic E-state index is -1.50. The van der Waals surface area contributed by atoms with Crippen molar-refractivity contribution in [3.8, 4) is 0 Å². The molecule has 0 heterocycles. The van der Waals surface area contributed by atoms with E-state index < -0.39 is 5.67 Å². The first-order valence-corrected chi connectivity index (χ1v) is 5.74. The summed E-state index contributed by atoms with van der Waals surface area (Å²) in [7, 11) is 0. The number of nitrogens with two attached hydrogens (primary N) is 2. The van der Waals surface area contributed by atoms with Crippen LogP contribution in [0.25, 0.3) is 10.8 Å². The highest BCUT2D eigenvalue weighted by Crippen LogP contribution is 2.20. The van der Waals surface area contributed by atoms with Crippen molar-refractivity contribution in [1.82, 2.24) is 0 Å². The van der Waals surface area contributed by atoms with Crippen LogP contribution in [-0.2, 0) is 6.42 Å². The van der Waals surface area contributed by atoms with Gasteiger partial charge in [-0.1, -0.05) is 42.5 Å². The first kappa shape index (κ1) is 12.0. The van der Waals surface area contributed by atoms with Crippen LogP contribution in [0.3, 0.4) is 0 Å². The molecule has 3 heteroatoms. The van der Waals surface area contributed by atoms with Crippen molar-refractivity contribution < 1.29 is 4.39 Å². The number of rotatable bonds is 4. The third-order valence-electron chi connectivity index (χ3n) is 3.07. The average Bonchev–Trinajstić information content (AvgIpc) is 2.38. The van der Waals surface area contributed by atoms with Gasteiger partial charge in [-0.15, -0.1) is 0 Å². The molecule has 0 unspecified atom stereocenters. The van der Waals surface area contributed by atoms with E-state index in [1.54, 1.807) is 0 Å². The molecule has 0 bridgehead atoms. The average molecular weight is 232 g/mol. The maximum Gasteiger partial charge on any atom is 0.139 e. The molecule has 0 fully saturated rings. The lowest BCUT2D eigenvalue weighted by atomic mass is 9.95. The molecule has 0 aliphatic rings. The second-order valence-electron chi connectivity index (χ2n) is 4.42. The largest absolute Gasteiger partial charge is 0.327 e. The molecule has 17 heavy (non-hydrogen) atoms. The van der Waals surface area contributed by atoms with Crippen molar-refractivity contribution in [1.29, 1.82) is 0 Å². The molecule has 0 aliphatic carbocycles. The van der Waals surface area contributed by atoms with Crippen LogP contribution in [0.2, 0.25) is 0 Å². The fourth-order valence-electron chi connectivity index (χ4n) is 1.94. The smallest absolute Gasteiger partial charge is 0.139 e. The van der Waals surface area contributed by atoms with E-state index >= 15 is 0 Å². The molecule has 0 aromatic heterocycles. The number of hydrogen-bond donors (Lipinski definition) is 2. The molecular weight excluding hydrogens is 215 g/mol. The van der Waals surface area contributed by atoms with Crippen molar-refractivity contribution in [2.75, 3.05) is 13.1 Å². The topological polar surface area (TPSA) is 52.0 Å². The summed E-state index contributed by atoms with van der Waals surface area (Å²) in [5.74, 6) is 0. The molecule has 4 N–H and O–H groups in total. The molecule has 0 saturated carbocycles. The zero-order valence-corrected chi connectivity index (χ0v) is 9.70. The molecule has 0 amide bonds. The van der Waals surface area contributed by atoms with E-state index in [1.165, 1.54) is 0 Å². The van der Waals surface area contributed by atoms with E-state index in [4.69, 9.17) is 11.5 Å². The van der Waals surface area contributed by atoms with E-state index in [1.807, 2.05) is 42.5 Å². The molecule has 0 spiro atoms. The molecule has 0 atom stereocenters. The van der Waals surface area contributed by atoms with E-state index in [9.17, 15) is 4.39 Å². The number of alkyl halides is 1. The van der Waals surface area contributed by atoms with Gasteiger partial charge in [0.15, 0.2) is 0 Å². The number of halogens is 1. The van der Waals surface area contributed by atoms with Crippen LogP contribution in [-0.4, -0.2) is 18.8 Å². The second-order valence-corrected chi connectivity index (χ2v) is 4.42. The Morgan fingerprint density at radius 2 is 1.59 bits per heavy atom. The maximum atomic E-state index is 14.1. The summed E-state index contributed by atoms with van der Waals surface area (Å²) in [5, 5.41) is 2.27. The normalized spacial score (nSPS) is 11.9. The minimum absolute atomic E-state index is 0.0453. The zero-order chi connectivity index (χ0) is 12.3. The highest BCUT2D eigenvalue weighted by molar-refractivity contribution is 5.83. The van der Waals surface area contributed by atoms with Crippen molar-refractivity contribution in [3.63, 3.8) is 0 Å². The van der Waals surface area contributed by atoms with Gasteiger partial charge in [0.1, 0.15) is 5.67 Å². The van der Waals surface area contributed by atoms with E-state index in [0.717, 1.165) is 16.3 Å². The van der Waals surface area contributed by atoms with E-state index in [-0.39, 0.29) is 19.5 Å². The van der Waals surface area contributed by atoms with Crippen LogP contribution in [0.1, 0.15) is 5.56 Å². The Balaban J connectivity index is 2.31. The molecule has 90 valence electrons. The monoisotopic (exact) mass is 232 g/mol. The Labute approximate surface area is 100 Å². The molecule has 2 aromatic rings. The number of hydrogen-bond acceptors (Lipinski definition) is 2. The van der Waals surface area contributed by atoms with Crippen molar-refractivity contribution in [2.24, 2.45) is 11.5 Å². The van der Waals surface area contributed by atoms with Crippen molar-refractivity contribution in [2.45, 2.75) is 12.1 Å². The van der Waals surface area contributed by atoms with Gasteiger partial charge < -0.3 is 11.5 Å². The maximum absolute atomic E-state index is 14.1. The summed E-state index contributed by atoms with van der Waals surface area (Å²) in [4.78, 5) is 0. The first-order chi connectivity index (χ1) is 8.17. The molecule has 0 saturated heterocycles. The van der Waals surface area contributed by atoms with Gasteiger partial charge in [0.25, 0.3) is 0 Å². The SMILES string of the molecule is NCC(F)(CN)Cc1ccc2ccccc2c1. The van der Waals surface area contributed by atoms with E-state index in [2.05, 4.69) is 0 Å². The summed E-state index contributed by atoms with van der Waals surface area (Å²) < 4.78 is 14.1. The van der Waals surface area contributed by atoms with Gasteiger partial charge in [-0.2, -0.15) is 0 Å². The Morgan fingerprint density at radius 3 is 2.24 bits per heavy atom. The van der Waals surface area contributed by atoms with Crippen LogP contribution in [0.5, 0.6) is 0 Å². The van der Waals surface area contributed by atoms with Crippen LogP contribution < -0.4 is 11.5 Å². The summed E-state index contributed by atoms with van der Waals surface area (Å²) >= 11 is 0. The standard InChI is InChI=1S/C14H17FN2/c15-14(9-16,10-17)8-11-5-6-12-3-1-2-4-13(12)7-11/h1-7H,8-10,16-17H2. The molecule has 2 nitrogen and oxygen atoms in total. The van der Waals surface area contributed by atoms with Crippen molar-refractivity contribution in [3.05, 3.63) is 48.0 Å². The van der Waals surface area contributed by atoms with Crippen LogP contribution >= 0.6 is 0 Å². The zero-order valence-electron chi connectivity index (χ0n) is 9.70. The Kier molecular flexibility index (Phi) is 3.41. The third-order valence-corrected chi connectivity index (χ3v) is 3.07. The van der Waals surface area contributed by atoms with Gasteiger partial charge in [-0.05, 0) is 16.3 Å². The molecular formula is C14H17FN2. The molecule has 2 rings (SSSR count). The minimum Gasteiger partial charge on any atom is -0.327 e. The first-order valence-electron chi connectivity index (χ1n) is 5.74. The van der Waals surface area contributed by atoms with Gasteiger partial charge >= 0.3 is 0 Å². The van der Waals surface area contributed by atoms with Crippen LogP contribution in [0, 0.1) is 0 Å². The Morgan fingerprint density at radius 1 is 0.941 bits per heavy atom. The van der Waals surface area contributed by atoms with Crippen molar-refractivity contribution >= 4 is 10.8 Å². The lowest BCUT2D eigenvalue weighted by Crippen LogP contribution is -2.42. The van der Waals surface area contributed by atoms with Crippen LogP contribution in [0.15, 0.2) is 42.5 Å². The fraction of sp³-hybridized carbons (Fsp3) is 0.286. The number of benzene rings is 2. The second kappa shape index (κ2) is 4.82. The highest BCUT2D eigenvalue weighted by atomic mass is 19.1. The number of fused-ring (bicyclic) bond motifs is 1. The van der Waals surface area contributed by atoms with Gasteiger partial charge in [0, 0.05) is 19.5 Å². The quantitative estimate of drug-likeness (QED) is 0.847. The predicted molar refractivity (Wildman–Crippen MR) is 69.6 cm³/mol. The molecule has 2 aromatic carbocycles. The fourth-order valence-corrected chi connectivity index (χ4v) is 1.94. The van der Waals surface area contributed by atoms with Gasteiger partial charge in [-0.3, -0.25) is 0 Å². The Hall–Kier alpha value is -1.45. The summed E-state index contributed by atoms with van der Waals surface area (Å²) in [6, 6.07) is 13.9. The summed E-state index contributed by atoms with van der Waals surface area (Å²) in [6.45, 7) is -0.0906. The van der Waals surface area contributed by atoms with Gasteiger partial charge in [0.05, 0.1) is 0 Å². The third kappa shape index (κ3) is 2.62. The predicted octanol–water partition coefficient (Wildman–Crippen LogP) is 2.01. The lowest BCUT2D eigenvalue weighted by molar-refractivity contribution is 0.184. The van der Waals surface area contributed by atoms with E-state index in [0.29, 0.717) is 0 Å². The molecule has 0 radical (unpaired) electrons. The van der Waals surface area contributed by atoms with Crippen LogP contribution in [0.4, 0.5) is 4.39 Å². The van der Waals surface area contributed by atoms with Gasteiger partial charge in [-0.25, -0.2) is 4.39 Å². The lowest BCUT2D eigenvalue weighted by Gasteiger charge is -2.21. The Bertz CT molecular complexity index is 506. The van der Waals surface area contributed by atoms with Gasteiger partial charge in [0.2, 0.25) is 0 Å². The summed E-state index contributed by atoms with van der Waals surface area (Å²) in [6.07, 6.45) is 0.269. The summed E-state index contributed by atoms with van der Waals surface area (Å²) in [5.41, 5.74) is 10.3.